The predicted molar refractivity (Wildman–Crippen MR) is 82.7 cm³/mol. The molecule has 0 N–H and O–H groups in total. The van der Waals surface area contributed by atoms with Crippen molar-refractivity contribution in [2.24, 2.45) is 0 Å². The van der Waals surface area contributed by atoms with Crippen molar-refractivity contribution in [2.45, 2.75) is 43.9 Å². The minimum absolute atomic E-state index is 0.135. The monoisotopic (exact) mass is 319 g/mol. The number of amides is 1. The van der Waals surface area contributed by atoms with Crippen LogP contribution in [0.3, 0.4) is 0 Å². The quantitative estimate of drug-likeness (QED) is 0.613. The van der Waals surface area contributed by atoms with E-state index in [1.807, 2.05) is 4.90 Å². The largest absolute Gasteiger partial charge is 0.493 e. The number of benzene rings is 1. The number of rotatable bonds is 5. The van der Waals surface area contributed by atoms with Gasteiger partial charge in [0, 0.05) is 24.9 Å². The minimum atomic E-state index is -0.366. The first kappa shape index (κ1) is 15.6. The van der Waals surface area contributed by atoms with Crippen molar-refractivity contribution >= 4 is 12.4 Å². The molecule has 6 nitrogen and oxygen atoms in total. The smallest absolute Gasteiger partial charge is 0.338 e. The summed E-state index contributed by atoms with van der Waals surface area (Å²) >= 11 is 0. The van der Waals surface area contributed by atoms with Gasteiger partial charge in [-0.05, 0) is 31.0 Å². The molecule has 0 spiro atoms. The maximum absolute atomic E-state index is 12.4. The lowest BCUT2D eigenvalue weighted by Gasteiger charge is -2.35. The third-order valence-corrected chi connectivity index (χ3v) is 4.76. The highest BCUT2D eigenvalue weighted by molar-refractivity contribution is 5.90. The standard InChI is InChI=1S/C17H21NO5/c1-21-15-6-3-11(7-16(15)22-2)17(20)23-14-8-12-4-5-13(9-14)18(12)10-19/h3,6-7,10,12-14H,4-5,8-9H2,1-2H3. The summed E-state index contributed by atoms with van der Waals surface area (Å²) in [5.74, 6) is 0.703. The topological polar surface area (TPSA) is 65.1 Å². The van der Waals surface area contributed by atoms with Gasteiger partial charge in [-0.1, -0.05) is 0 Å². The maximum atomic E-state index is 12.4. The molecule has 1 aromatic carbocycles. The fraction of sp³-hybridized carbons (Fsp3) is 0.529. The van der Waals surface area contributed by atoms with Crippen LogP contribution >= 0.6 is 0 Å². The van der Waals surface area contributed by atoms with E-state index < -0.39 is 0 Å². The van der Waals surface area contributed by atoms with Crippen molar-refractivity contribution in [1.82, 2.24) is 4.90 Å². The molecule has 2 saturated heterocycles. The number of carbonyl (C=O) groups excluding carboxylic acids is 2. The first-order chi connectivity index (χ1) is 11.2. The molecule has 1 aromatic rings. The third kappa shape index (κ3) is 2.98. The molecule has 0 aliphatic carbocycles. The lowest BCUT2D eigenvalue weighted by Crippen LogP contribution is -2.45. The Morgan fingerprint density at radius 3 is 2.35 bits per heavy atom. The van der Waals surface area contributed by atoms with Crippen LogP contribution in [-0.2, 0) is 9.53 Å². The van der Waals surface area contributed by atoms with Crippen molar-refractivity contribution in [3.8, 4) is 11.5 Å². The van der Waals surface area contributed by atoms with Crippen molar-refractivity contribution in [2.75, 3.05) is 14.2 Å². The summed E-state index contributed by atoms with van der Waals surface area (Å²) in [4.78, 5) is 25.3. The molecule has 2 fully saturated rings. The number of hydrogen-bond donors (Lipinski definition) is 0. The van der Waals surface area contributed by atoms with Gasteiger partial charge in [-0.3, -0.25) is 4.79 Å². The van der Waals surface area contributed by atoms with E-state index in [0.29, 0.717) is 29.9 Å². The number of methoxy groups -OCH3 is 2. The van der Waals surface area contributed by atoms with Gasteiger partial charge in [0.1, 0.15) is 6.10 Å². The van der Waals surface area contributed by atoms with Gasteiger partial charge in [-0.25, -0.2) is 4.79 Å². The lowest BCUT2D eigenvalue weighted by molar-refractivity contribution is -0.123. The van der Waals surface area contributed by atoms with Crippen LogP contribution in [0, 0.1) is 0 Å². The third-order valence-electron chi connectivity index (χ3n) is 4.76. The second kappa shape index (κ2) is 6.48. The Balaban J connectivity index is 1.67. The average Bonchev–Trinajstić information content (AvgIpc) is 2.83. The Bertz CT molecular complexity index is 589. The van der Waals surface area contributed by atoms with Crippen LogP contribution in [0.5, 0.6) is 11.5 Å². The highest BCUT2D eigenvalue weighted by Crippen LogP contribution is 2.36. The second-order valence-electron chi connectivity index (χ2n) is 6.01. The van der Waals surface area contributed by atoms with Crippen molar-refractivity contribution in [3.05, 3.63) is 23.8 Å². The van der Waals surface area contributed by atoms with Crippen LogP contribution in [0.4, 0.5) is 0 Å². The first-order valence-electron chi connectivity index (χ1n) is 7.82. The Labute approximate surface area is 135 Å². The maximum Gasteiger partial charge on any atom is 0.338 e. The van der Waals surface area contributed by atoms with E-state index in [2.05, 4.69) is 0 Å². The van der Waals surface area contributed by atoms with Gasteiger partial charge in [0.2, 0.25) is 6.41 Å². The summed E-state index contributed by atoms with van der Waals surface area (Å²) in [6, 6.07) is 5.38. The van der Waals surface area contributed by atoms with E-state index in [4.69, 9.17) is 14.2 Å². The Morgan fingerprint density at radius 1 is 1.13 bits per heavy atom. The lowest BCUT2D eigenvalue weighted by atomic mass is 10.0. The summed E-state index contributed by atoms with van der Waals surface area (Å²) in [5, 5.41) is 0. The second-order valence-corrected chi connectivity index (χ2v) is 6.01. The van der Waals surface area contributed by atoms with Gasteiger partial charge in [0.25, 0.3) is 0 Å². The molecular formula is C17H21NO5. The van der Waals surface area contributed by atoms with Crippen LogP contribution in [-0.4, -0.2) is 49.7 Å². The van der Waals surface area contributed by atoms with Gasteiger partial charge in [0.05, 0.1) is 19.8 Å². The van der Waals surface area contributed by atoms with Crippen LogP contribution in [0.15, 0.2) is 18.2 Å². The molecule has 2 aliphatic rings. The van der Waals surface area contributed by atoms with E-state index in [1.54, 1.807) is 25.3 Å². The number of esters is 1. The molecule has 23 heavy (non-hydrogen) atoms. The zero-order valence-corrected chi connectivity index (χ0v) is 13.4. The van der Waals surface area contributed by atoms with E-state index in [9.17, 15) is 9.59 Å². The summed E-state index contributed by atoms with van der Waals surface area (Å²) in [6.07, 6.45) is 4.21. The Morgan fingerprint density at radius 2 is 1.78 bits per heavy atom. The van der Waals surface area contributed by atoms with Gasteiger partial charge < -0.3 is 19.1 Å². The number of nitrogens with zero attached hydrogens (tertiary/aromatic N) is 1. The SMILES string of the molecule is COc1ccc(C(=O)OC2CC3CCC(C2)N3C=O)cc1OC. The normalized spacial score (nSPS) is 25.8. The Kier molecular flexibility index (Phi) is 4.41. The van der Waals surface area contributed by atoms with Gasteiger partial charge in [0.15, 0.2) is 11.5 Å². The van der Waals surface area contributed by atoms with Crippen molar-refractivity contribution in [1.29, 1.82) is 0 Å². The van der Waals surface area contributed by atoms with Crippen LogP contribution < -0.4 is 9.47 Å². The highest BCUT2D eigenvalue weighted by Gasteiger charge is 2.41. The van der Waals surface area contributed by atoms with Gasteiger partial charge in [-0.2, -0.15) is 0 Å². The zero-order chi connectivity index (χ0) is 16.4. The summed E-state index contributed by atoms with van der Waals surface area (Å²) in [7, 11) is 3.08. The summed E-state index contributed by atoms with van der Waals surface area (Å²) < 4.78 is 16.0. The molecule has 2 aliphatic heterocycles. The number of piperidine rings is 1. The van der Waals surface area contributed by atoms with E-state index in [1.165, 1.54) is 7.11 Å². The average molecular weight is 319 g/mol. The summed E-state index contributed by atoms with van der Waals surface area (Å²) in [5.41, 5.74) is 0.438. The zero-order valence-electron chi connectivity index (χ0n) is 13.4. The number of carbonyl (C=O) groups is 2. The van der Waals surface area contributed by atoms with Crippen LogP contribution in [0.2, 0.25) is 0 Å². The van der Waals surface area contributed by atoms with Crippen molar-refractivity contribution in [3.63, 3.8) is 0 Å². The molecule has 2 heterocycles. The fourth-order valence-electron chi connectivity index (χ4n) is 3.61. The molecule has 124 valence electrons. The number of fused-ring (bicyclic) bond motifs is 2. The molecule has 0 radical (unpaired) electrons. The molecular weight excluding hydrogens is 298 g/mol. The van der Waals surface area contributed by atoms with Crippen molar-refractivity contribution < 1.29 is 23.8 Å². The molecule has 6 heteroatoms. The van der Waals surface area contributed by atoms with Gasteiger partial charge >= 0.3 is 5.97 Å². The Hall–Kier alpha value is -2.24. The number of hydrogen-bond acceptors (Lipinski definition) is 5. The molecule has 0 aromatic heterocycles. The molecule has 2 atom stereocenters. The molecule has 1 amide bonds. The predicted octanol–water partition coefficient (Wildman–Crippen LogP) is 2.01. The van der Waals surface area contributed by atoms with E-state index in [-0.39, 0.29) is 24.2 Å². The van der Waals surface area contributed by atoms with Gasteiger partial charge in [-0.15, -0.1) is 0 Å². The molecule has 2 bridgehead atoms. The molecule has 2 unspecified atom stereocenters. The fourth-order valence-corrected chi connectivity index (χ4v) is 3.61. The molecule has 0 saturated carbocycles. The molecule has 3 rings (SSSR count). The van der Waals surface area contributed by atoms with Crippen LogP contribution in [0.1, 0.15) is 36.0 Å². The van der Waals surface area contributed by atoms with Crippen LogP contribution in [0.25, 0.3) is 0 Å². The summed E-state index contributed by atoms with van der Waals surface area (Å²) in [6.45, 7) is 0. The number of ether oxygens (including phenoxy) is 3. The van der Waals surface area contributed by atoms with E-state index in [0.717, 1.165) is 19.3 Å². The minimum Gasteiger partial charge on any atom is -0.493 e. The highest BCUT2D eigenvalue weighted by atomic mass is 16.5. The first-order valence-corrected chi connectivity index (χ1v) is 7.82. The van der Waals surface area contributed by atoms with E-state index >= 15 is 0 Å².